The van der Waals surface area contributed by atoms with Gasteiger partial charge in [0.15, 0.2) is 5.82 Å². The molecule has 2 saturated heterocycles. The summed E-state index contributed by atoms with van der Waals surface area (Å²) in [6.07, 6.45) is 9.96. The molecule has 0 bridgehead atoms. The lowest BCUT2D eigenvalue weighted by Gasteiger charge is -2.30. The van der Waals surface area contributed by atoms with Crippen molar-refractivity contribution in [3.8, 4) is 11.4 Å². The molecule has 4 aromatic rings. The number of nitrogens with one attached hydrogen (secondary N) is 2. The fraction of sp³-hybridized carbons (Fsp3) is 0.393. The molecule has 4 aromatic heterocycles. The van der Waals surface area contributed by atoms with Gasteiger partial charge in [-0.05, 0) is 48.6 Å². The van der Waals surface area contributed by atoms with E-state index in [4.69, 9.17) is 14.7 Å². The van der Waals surface area contributed by atoms with E-state index in [1.54, 1.807) is 6.20 Å². The Labute approximate surface area is 221 Å². The molecule has 2 aliphatic heterocycles. The number of hydrogen-bond donors (Lipinski definition) is 2. The summed E-state index contributed by atoms with van der Waals surface area (Å²) in [6.45, 7) is 6.96. The molecule has 2 N–H and O–H groups in total. The molecule has 0 unspecified atom stereocenters. The zero-order valence-corrected chi connectivity index (χ0v) is 21.3. The molecule has 3 fully saturated rings. The molecular formula is C28H31N9O. The number of piperazine rings is 1. The van der Waals surface area contributed by atoms with Crippen LogP contribution in [0.4, 0.5) is 23.1 Å². The summed E-state index contributed by atoms with van der Waals surface area (Å²) in [5, 5.41) is 8.00. The van der Waals surface area contributed by atoms with Crippen molar-refractivity contribution in [3.63, 3.8) is 0 Å². The van der Waals surface area contributed by atoms with E-state index >= 15 is 0 Å². The summed E-state index contributed by atoms with van der Waals surface area (Å²) < 4.78 is 5.45. The highest BCUT2D eigenvalue weighted by Gasteiger charge is 2.29. The average molecular weight is 510 g/mol. The largest absolute Gasteiger partial charge is 0.378 e. The van der Waals surface area contributed by atoms with Gasteiger partial charge in [0.2, 0.25) is 0 Å². The zero-order chi connectivity index (χ0) is 25.3. The first-order valence-corrected chi connectivity index (χ1v) is 13.5. The number of anilines is 4. The molecule has 10 nitrogen and oxygen atoms in total. The van der Waals surface area contributed by atoms with Crippen molar-refractivity contribution in [2.75, 3.05) is 67.6 Å². The molecule has 0 aromatic carbocycles. The molecule has 3 aliphatic rings. The number of rotatable bonds is 6. The lowest BCUT2D eigenvalue weighted by atomic mass is 10.1. The zero-order valence-electron chi connectivity index (χ0n) is 21.3. The Morgan fingerprint density at radius 2 is 1.76 bits per heavy atom. The number of ether oxygens (including phenoxy) is 1. The Bertz CT molecular complexity index is 1430. The predicted octanol–water partition coefficient (Wildman–Crippen LogP) is 3.35. The molecule has 1 saturated carbocycles. The molecule has 38 heavy (non-hydrogen) atoms. The summed E-state index contributed by atoms with van der Waals surface area (Å²) in [5.74, 6) is 3.96. The Kier molecular flexibility index (Phi) is 6.18. The van der Waals surface area contributed by atoms with Crippen molar-refractivity contribution in [2.24, 2.45) is 0 Å². The molecule has 10 heteroatoms. The van der Waals surface area contributed by atoms with Crippen LogP contribution in [0, 0.1) is 0 Å². The minimum atomic E-state index is 0.572. The van der Waals surface area contributed by atoms with Gasteiger partial charge in [-0.3, -0.25) is 4.98 Å². The van der Waals surface area contributed by atoms with E-state index in [2.05, 4.69) is 35.4 Å². The van der Waals surface area contributed by atoms with Crippen molar-refractivity contribution in [3.05, 3.63) is 54.6 Å². The van der Waals surface area contributed by atoms with Gasteiger partial charge in [0.25, 0.3) is 0 Å². The molecular weight excluding hydrogens is 478 g/mol. The first kappa shape index (κ1) is 23.2. The van der Waals surface area contributed by atoms with Crippen molar-refractivity contribution in [1.29, 1.82) is 0 Å². The van der Waals surface area contributed by atoms with Crippen LogP contribution in [0.1, 0.15) is 24.3 Å². The minimum Gasteiger partial charge on any atom is -0.378 e. The number of morpholine rings is 1. The van der Waals surface area contributed by atoms with Crippen molar-refractivity contribution >= 4 is 34.0 Å². The van der Waals surface area contributed by atoms with E-state index < -0.39 is 0 Å². The van der Waals surface area contributed by atoms with Crippen LogP contribution < -0.4 is 20.4 Å². The molecule has 7 rings (SSSR count). The van der Waals surface area contributed by atoms with Gasteiger partial charge in [-0.1, -0.05) is 0 Å². The van der Waals surface area contributed by atoms with Crippen molar-refractivity contribution in [1.82, 2.24) is 30.2 Å². The van der Waals surface area contributed by atoms with Gasteiger partial charge in [0.1, 0.15) is 17.5 Å². The van der Waals surface area contributed by atoms with E-state index in [-0.39, 0.29) is 0 Å². The lowest BCUT2D eigenvalue weighted by Crippen LogP contribution is -2.44. The van der Waals surface area contributed by atoms with Crippen molar-refractivity contribution < 1.29 is 4.74 Å². The molecule has 0 amide bonds. The van der Waals surface area contributed by atoms with Crippen LogP contribution in [0.15, 0.2) is 49.1 Å². The first-order valence-electron chi connectivity index (χ1n) is 13.5. The average Bonchev–Trinajstić information content (AvgIpc) is 3.83. The fourth-order valence-corrected chi connectivity index (χ4v) is 5.25. The Balaban J connectivity index is 1.20. The maximum atomic E-state index is 5.45. The molecule has 1 aliphatic carbocycles. The monoisotopic (exact) mass is 509 g/mol. The van der Waals surface area contributed by atoms with E-state index in [0.29, 0.717) is 11.7 Å². The molecule has 0 radical (unpaired) electrons. The van der Waals surface area contributed by atoms with Gasteiger partial charge in [0.05, 0.1) is 36.8 Å². The lowest BCUT2D eigenvalue weighted by molar-refractivity contribution is 0.122. The highest BCUT2D eigenvalue weighted by Crippen LogP contribution is 2.44. The standard InChI is InChI=1S/C28H31N9O/c1-2-19(1)22-17-30-18-23-26(22)28(37-9-7-29-8-10-37)35-27(34-23)20-5-6-31-24(15-20)33-21-3-4-25(32-16-21)36-11-13-38-14-12-36/h3-6,15-19,29H,1-2,7-14H2,(H,31,33). The minimum absolute atomic E-state index is 0.572. The summed E-state index contributed by atoms with van der Waals surface area (Å²) in [7, 11) is 0. The number of aromatic nitrogens is 5. The van der Waals surface area contributed by atoms with Gasteiger partial charge >= 0.3 is 0 Å². The fourth-order valence-electron chi connectivity index (χ4n) is 5.25. The first-order chi connectivity index (χ1) is 18.8. The SMILES string of the molecule is c1cc(-c2nc(N3CCNCC3)c3c(C4CC4)cncc3n2)cc(Nc2ccc(N3CCOCC3)nc2)n1. The topological polar surface area (TPSA) is 104 Å². The maximum absolute atomic E-state index is 5.45. The smallest absolute Gasteiger partial charge is 0.162 e. The second kappa shape index (κ2) is 10.1. The van der Waals surface area contributed by atoms with Gasteiger partial charge in [-0.2, -0.15) is 0 Å². The number of fused-ring (bicyclic) bond motifs is 1. The van der Waals surface area contributed by atoms with Crippen LogP contribution in [-0.4, -0.2) is 77.4 Å². The van der Waals surface area contributed by atoms with Crippen LogP contribution in [-0.2, 0) is 4.74 Å². The maximum Gasteiger partial charge on any atom is 0.162 e. The van der Waals surface area contributed by atoms with Crippen molar-refractivity contribution in [2.45, 2.75) is 18.8 Å². The van der Waals surface area contributed by atoms with Crippen LogP contribution in [0.3, 0.4) is 0 Å². The second-order valence-corrected chi connectivity index (χ2v) is 10.1. The molecule has 6 heterocycles. The molecule has 0 atom stereocenters. The summed E-state index contributed by atoms with van der Waals surface area (Å²) >= 11 is 0. The number of nitrogens with zero attached hydrogens (tertiary/aromatic N) is 7. The number of pyridine rings is 3. The predicted molar refractivity (Wildman–Crippen MR) is 148 cm³/mol. The highest BCUT2D eigenvalue weighted by atomic mass is 16.5. The van der Waals surface area contributed by atoms with Crippen LogP contribution in [0.5, 0.6) is 0 Å². The van der Waals surface area contributed by atoms with E-state index in [1.807, 2.05) is 42.9 Å². The quantitative estimate of drug-likeness (QED) is 0.402. The van der Waals surface area contributed by atoms with E-state index in [1.165, 1.54) is 18.4 Å². The van der Waals surface area contributed by atoms with Gasteiger partial charge in [-0.25, -0.2) is 19.9 Å². The third kappa shape index (κ3) is 4.72. The Morgan fingerprint density at radius 3 is 2.55 bits per heavy atom. The van der Waals surface area contributed by atoms with Gasteiger partial charge in [-0.15, -0.1) is 0 Å². The molecule has 0 spiro atoms. The van der Waals surface area contributed by atoms with Gasteiger partial charge < -0.3 is 25.2 Å². The number of hydrogen-bond acceptors (Lipinski definition) is 10. The Morgan fingerprint density at radius 1 is 0.895 bits per heavy atom. The third-order valence-electron chi connectivity index (χ3n) is 7.42. The summed E-state index contributed by atoms with van der Waals surface area (Å²) in [4.78, 5) is 28.5. The van der Waals surface area contributed by atoms with Crippen LogP contribution in [0.2, 0.25) is 0 Å². The normalized spacial score (nSPS) is 18.1. The van der Waals surface area contributed by atoms with E-state index in [9.17, 15) is 0 Å². The highest BCUT2D eigenvalue weighted by molar-refractivity contribution is 5.94. The third-order valence-corrected chi connectivity index (χ3v) is 7.42. The Hall–Kier alpha value is -3.89. The van der Waals surface area contributed by atoms with Gasteiger partial charge in [0, 0.05) is 62.6 Å². The summed E-state index contributed by atoms with van der Waals surface area (Å²) in [6, 6.07) is 8.03. The summed E-state index contributed by atoms with van der Waals surface area (Å²) in [5.41, 5.74) is 3.98. The second-order valence-electron chi connectivity index (χ2n) is 10.1. The van der Waals surface area contributed by atoms with Crippen LogP contribution in [0.25, 0.3) is 22.3 Å². The van der Waals surface area contributed by atoms with Crippen LogP contribution >= 0.6 is 0 Å². The van der Waals surface area contributed by atoms with E-state index in [0.717, 1.165) is 92.1 Å². The molecule has 194 valence electrons.